The summed E-state index contributed by atoms with van der Waals surface area (Å²) < 4.78 is 7.10. The second kappa shape index (κ2) is 10.2. The van der Waals surface area contributed by atoms with Crippen LogP contribution in [0.1, 0.15) is 57.1 Å². The van der Waals surface area contributed by atoms with E-state index in [1.165, 1.54) is 6.92 Å². The summed E-state index contributed by atoms with van der Waals surface area (Å²) in [5, 5.41) is 0. The number of hydrogen-bond donors (Lipinski definition) is 1. The van der Waals surface area contributed by atoms with Crippen LogP contribution in [0, 0.1) is 0 Å². The molecule has 10 nitrogen and oxygen atoms in total. The number of piperazine rings is 1. The van der Waals surface area contributed by atoms with E-state index in [1.54, 1.807) is 19.3 Å². The smallest absolute Gasteiger partial charge is 0.410 e. The van der Waals surface area contributed by atoms with Gasteiger partial charge in [0.2, 0.25) is 5.91 Å². The molecule has 2 fully saturated rings. The fraction of sp³-hybridized carbons (Fsp3) is 0.538. The van der Waals surface area contributed by atoms with E-state index in [1.807, 2.05) is 51.1 Å². The van der Waals surface area contributed by atoms with Crippen molar-refractivity contribution >= 4 is 17.9 Å². The van der Waals surface area contributed by atoms with Gasteiger partial charge in [0.25, 0.3) is 5.91 Å². The average molecular weight is 498 g/mol. The van der Waals surface area contributed by atoms with Crippen molar-refractivity contribution in [1.82, 2.24) is 24.3 Å². The molecule has 1 unspecified atom stereocenters. The summed E-state index contributed by atoms with van der Waals surface area (Å²) in [7, 11) is 0. The molecule has 2 aliphatic rings. The molecule has 1 atom stereocenters. The Morgan fingerprint density at radius 3 is 2.19 bits per heavy atom. The van der Waals surface area contributed by atoms with Gasteiger partial charge >= 0.3 is 11.8 Å². The maximum atomic E-state index is 13.7. The largest absolute Gasteiger partial charge is 0.444 e. The molecule has 1 aromatic carbocycles. The van der Waals surface area contributed by atoms with Crippen LogP contribution >= 0.6 is 0 Å². The van der Waals surface area contributed by atoms with E-state index in [0.717, 1.165) is 18.4 Å². The van der Waals surface area contributed by atoms with Crippen molar-refractivity contribution in [3.63, 3.8) is 0 Å². The third-order valence-electron chi connectivity index (χ3n) is 6.62. The first-order valence-electron chi connectivity index (χ1n) is 12.5. The quantitative estimate of drug-likeness (QED) is 0.702. The van der Waals surface area contributed by atoms with Gasteiger partial charge in [0, 0.05) is 51.8 Å². The lowest BCUT2D eigenvalue weighted by Crippen LogP contribution is -2.51. The van der Waals surface area contributed by atoms with Crippen molar-refractivity contribution in [3.8, 4) is 11.3 Å². The molecule has 0 radical (unpaired) electrons. The van der Waals surface area contributed by atoms with Crippen LogP contribution < -0.4 is 5.69 Å². The van der Waals surface area contributed by atoms with E-state index in [4.69, 9.17) is 4.74 Å². The van der Waals surface area contributed by atoms with E-state index < -0.39 is 11.7 Å². The summed E-state index contributed by atoms with van der Waals surface area (Å²) in [4.78, 5) is 59.2. The fourth-order valence-corrected chi connectivity index (χ4v) is 4.86. The second-order valence-electron chi connectivity index (χ2n) is 10.4. The zero-order chi connectivity index (χ0) is 26.0. The van der Waals surface area contributed by atoms with Crippen LogP contribution in [-0.4, -0.2) is 87.0 Å². The molecule has 194 valence electrons. The number of ether oxygens (including phenoxy) is 1. The SMILES string of the molecule is CC(=O)N1CCCC(n2c(-c3ccccc3)c(C(=O)N3CCN(C(=O)OC(C)(C)C)CC3)[nH]c2=O)C1. The van der Waals surface area contributed by atoms with Gasteiger partial charge in [-0.1, -0.05) is 30.3 Å². The maximum absolute atomic E-state index is 13.7. The lowest BCUT2D eigenvalue weighted by molar-refractivity contribution is -0.130. The van der Waals surface area contributed by atoms with Crippen molar-refractivity contribution < 1.29 is 19.1 Å². The summed E-state index contributed by atoms with van der Waals surface area (Å²) in [6, 6.07) is 9.14. The number of H-pyrrole nitrogens is 1. The van der Waals surface area contributed by atoms with Crippen molar-refractivity contribution in [1.29, 1.82) is 0 Å². The molecule has 0 spiro atoms. The average Bonchev–Trinajstić information content (AvgIpc) is 3.20. The number of carbonyl (C=O) groups is 3. The predicted octanol–water partition coefficient (Wildman–Crippen LogP) is 2.72. The molecular formula is C26H35N5O5. The monoisotopic (exact) mass is 497 g/mol. The van der Waals surface area contributed by atoms with Crippen LogP contribution in [0.5, 0.6) is 0 Å². The zero-order valence-electron chi connectivity index (χ0n) is 21.5. The lowest BCUT2D eigenvalue weighted by atomic mass is 10.0. The molecule has 2 aliphatic heterocycles. The van der Waals surface area contributed by atoms with Crippen LogP contribution in [0.2, 0.25) is 0 Å². The molecular weight excluding hydrogens is 462 g/mol. The van der Waals surface area contributed by atoms with Crippen molar-refractivity contribution in [3.05, 3.63) is 46.5 Å². The third-order valence-corrected chi connectivity index (χ3v) is 6.62. The molecule has 0 saturated carbocycles. The normalized spacial score (nSPS) is 18.8. The summed E-state index contributed by atoms with van der Waals surface area (Å²) in [6.45, 7) is 9.45. The highest BCUT2D eigenvalue weighted by atomic mass is 16.6. The number of carbonyl (C=O) groups excluding carboxylic acids is 3. The Morgan fingerprint density at radius 2 is 1.58 bits per heavy atom. The number of piperidine rings is 1. The predicted molar refractivity (Wildman–Crippen MR) is 135 cm³/mol. The van der Waals surface area contributed by atoms with Crippen LogP contribution in [0.25, 0.3) is 11.3 Å². The van der Waals surface area contributed by atoms with Crippen LogP contribution in [0.3, 0.4) is 0 Å². The van der Waals surface area contributed by atoms with Gasteiger partial charge in [-0.3, -0.25) is 14.2 Å². The number of nitrogens with one attached hydrogen (secondary N) is 1. The Balaban J connectivity index is 1.61. The number of aromatic nitrogens is 2. The summed E-state index contributed by atoms with van der Waals surface area (Å²) in [5.41, 5.74) is 0.577. The molecule has 3 heterocycles. The van der Waals surface area contributed by atoms with Crippen LogP contribution in [-0.2, 0) is 9.53 Å². The van der Waals surface area contributed by atoms with E-state index >= 15 is 0 Å². The summed E-state index contributed by atoms with van der Waals surface area (Å²) in [5.74, 6) is -0.309. The molecule has 4 rings (SSSR count). The minimum absolute atomic E-state index is 0.0243. The number of amides is 3. The van der Waals surface area contributed by atoms with Gasteiger partial charge < -0.3 is 24.4 Å². The number of hydrogen-bond acceptors (Lipinski definition) is 5. The topological polar surface area (TPSA) is 108 Å². The molecule has 3 amide bonds. The highest BCUT2D eigenvalue weighted by molar-refractivity contribution is 5.98. The highest BCUT2D eigenvalue weighted by Crippen LogP contribution is 2.30. The maximum Gasteiger partial charge on any atom is 0.410 e. The number of imidazole rings is 1. The zero-order valence-corrected chi connectivity index (χ0v) is 21.5. The molecule has 0 bridgehead atoms. The van der Waals surface area contributed by atoms with Gasteiger partial charge in [-0.05, 0) is 33.6 Å². The molecule has 1 N–H and O–H groups in total. The van der Waals surface area contributed by atoms with Gasteiger partial charge in [0.05, 0.1) is 11.7 Å². The minimum atomic E-state index is -0.589. The Kier molecular flexibility index (Phi) is 7.23. The van der Waals surface area contributed by atoms with E-state index in [0.29, 0.717) is 45.0 Å². The van der Waals surface area contributed by atoms with Gasteiger partial charge in [0.15, 0.2) is 0 Å². The first-order valence-corrected chi connectivity index (χ1v) is 12.5. The lowest BCUT2D eigenvalue weighted by Gasteiger charge is -2.35. The third kappa shape index (κ3) is 5.47. The summed E-state index contributed by atoms with van der Waals surface area (Å²) in [6.07, 6.45) is 1.13. The molecule has 36 heavy (non-hydrogen) atoms. The molecule has 2 aromatic rings. The standard InChI is InChI=1S/C26H35N5O5/c1-18(32)30-12-8-11-20(17-30)31-22(19-9-6-5-7-10-19)21(27-24(31)34)23(33)28-13-15-29(16-14-28)25(35)36-26(2,3)4/h5-7,9-10,20H,8,11-17H2,1-4H3,(H,27,34). The molecule has 0 aliphatic carbocycles. The van der Waals surface area contributed by atoms with Gasteiger partial charge in [-0.2, -0.15) is 0 Å². The van der Waals surface area contributed by atoms with Crippen molar-refractivity contribution in [2.75, 3.05) is 39.3 Å². The van der Waals surface area contributed by atoms with E-state index in [-0.39, 0.29) is 29.2 Å². The molecule has 2 saturated heterocycles. The van der Waals surface area contributed by atoms with E-state index in [9.17, 15) is 19.2 Å². The highest BCUT2D eigenvalue weighted by Gasteiger charge is 2.33. The van der Waals surface area contributed by atoms with Crippen molar-refractivity contribution in [2.24, 2.45) is 0 Å². The van der Waals surface area contributed by atoms with Gasteiger partial charge in [-0.15, -0.1) is 0 Å². The van der Waals surface area contributed by atoms with Crippen LogP contribution in [0.4, 0.5) is 4.79 Å². The Labute approximate surface area is 210 Å². The Bertz CT molecular complexity index is 1170. The number of likely N-dealkylation sites (tertiary alicyclic amines) is 1. The van der Waals surface area contributed by atoms with Crippen molar-refractivity contribution in [2.45, 2.75) is 52.2 Å². The number of nitrogens with zero attached hydrogens (tertiary/aromatic N) is 4. The first kappa shape index (κ1) is 25.5. The Morgan fingerprint density at radius 1 is 0.944 bits per heavy atom. The number of benzene rings is 1. The fourth-order valence-electron chi connectivity index (χ4n) is 4.86. The molecule has 1 aromatic heterocycles. The first-order chi connectivity index (χ1) is 17.0. The molecule has 10 heteroatoms. The number of aromatic amines is 1. The summed E-state index contributed by atoms with van der Waals surface area (Å²) >= 11 is 0. The number of rotatable bonds is 3. The Hall–Kier alpha value is -3.56. The van der Waals surface area contributed by atoms with E-state index in [2.05, 4.69) is 4.98 Å². The van der Waals surface area contributed by atoms with Gasteiger partial charge in [-0.25, -0.2) is 9.59 Å². The van der Waals surface area contributed by atoms with Gasteiger partial charge in [0.1, 0.15) is 11.3 Å². The second-order valence-corrected chi connectivity index (χ2v) is 10.4. The van der Waals surface area contributed by atoms with Crippen LogP contribution in [0.15, 0.2) is 35.1 Å². The minimum Gasteiger partial charge on any atom is -0.444 e.